The molecule has 0 saturated carbocycles. The molecule has 3 nitrogen and oxygen atoms in total. The van der Waals surface area contributed by atoms with Crippen LogP contribution >= 0.6 is 0 Å². The zero-order valence-corrected chi connectivity index (χ0v) is 15.4. The highest BCUT2D eigenvalue weighted by Gasteiger charge is 2.37. The van der Waals surface area contributed by atoms with Gasteiger partial charge in [-0.1, -0.05) is 20.8 Å². The smallest absolute Gasteiger partial charge is 0.191 e. The maximum absolute atomic E-state index is 6.21. The molecule has 0 unspecified atom stereocenters. The van der Waals surface area contributed by atoms with Crippen molar-refractivity contribution in [2.45, 2.75) is 83.2 Å². The normalized spacial score (nSPS) is 24.9. The molecule has 0 aliphatic carbocycles. The Morgan fingerprint density at radius 2 is 1.85 bits per heavy atom. The summed E-state index contributed by atoms with van der Waals surface area (Å²) in [4.78, 5) is 0. The van der Waals surface area contributed by atoms with Gasteiger partial charge in [-0.25, -0.2) is 0 Å². The molecule has 0 aromatic rings. The van der Waals surface area contributed by atoms with E-state index in [0.717, 1.165) is 38.9 Å². The lowest BCUT2D eigenvalue weighted by Gasteiger charge is -2.37. The fourth-order valence-corrected chi connectivity index (χ4v) is 3.41. The summed E-state index contributed by atoms with van der Waals surface area (Å²) >= 11 is 0. The van der Waals surface area contributed by atoms with Crippen molar-refractivity contribution in [3.8, 4) is 0 Å². The molecule has 20 heavy (non-hydrogen) atoms. The van der Waals surface area contributed by atoms with Crippen molar-refractivity contribution in [2.24, 2.45) is 0 Å². The molecule has 1 heterocycles. The Labute approximate surface area is 126 Å². The molecule has 1 aliphatic heterocycles. The zero-order valence-electron chi connectivity index (χ0n) is 14.4. The van der Waals surface area contributed by atoms with Crippen LogP contribution in [0.1, 0.15) is 59.3 Å². The van der Waals surface area contributed by atoms with E-state index in [-0.39, 0.29) is 5.79 Å². The van der Waals surface area contributed by atoms with Gasteiger partial charge in [0.1, 0.15) is 0 Å². The molecule has 1 saturated heterocycles. The first-order valence-electron chi connectivity index (χ1n) is 8.06. The number of methoxy groups -OCH3 is 1. The Balaban J connectivity index is 2.24. The van der Waals surface area contributed by atoms with E-state index < -0.39 is 8.32 Å². The summed E-state index contributed by atoms with van der Waals surface area (Å²) in [5, 5.41) is 0.299. The predicted molar refractivity (Wildman–Crippen MR) is 86.5 cm³/mol. The minimum Gasteiger partial charge on any atom is -0.417 e. The third-order valence-corrected chi connectivity index (χ3v) is 9.45. The first-order chi connectivity index (χ1) is 9.22. The van der Waals surface area contributed by atoms with Crippen LogP contribution in [0, 0.1) is 0 Å². The van der Waals surface area contributed by atoms with E-state index in [0.29, 0.717) is 5.04 Å². The molecule has 0 bridgehead atoms. The van der Waals surface area contributed by atoms with Crippen LogP contribution in [0.2, 0.25) is 18.1 Å². The lowest BCUT2D eigenvalue weighted by Crippen LogP contribution is -2.41. The predicted octanol–water partition coefficient (Wildman–Crippen LogP) is 4.72. The van der Waals surface area contributed by atoms with Gasteiger partial charge in [0, 0.05) is 26.6 Å². The van der Waals surface area contributed by atoms with Gasteiger partial charge in [0.2, 0.25) is 0 Å². The second-order valence-electron chi connectivity index (χ2n) is 7.49. The molecule has 1 atom stereocenters. The van der Waals surface area contributed by atoms with Crippen LogP contribution in [0.15, 0.2) is 0 Å². The van der Waals surface area contributed by atoms with E-state index >= 15 is 0 Å². The summed E-state index contributed by atoms with van der Waals surface area (Å²) in [6.45, 7) is 13.2. The van der Waals surface area contributed by atoms with Crippen LogP contribution in [-0.4, -0.2) is 34.4 Å². The molecule has 1 aliphatic rings. The fourth-order valence-electron chi connectivity index (χ4n) is 2.33. The highest BCUT2D eigenvalue weighted by Crippen LogP contribution is 2.37. The van der Waals surface area contributed by atoms with Gasteiger partial charge in [-0.15, -0.1) is 0 Å². The minimum atomic E-state index is -1.58. The second-order valence-corrected chi connectivity index (χ2v) is 12.3. The van der Waals surface area contributed by atoms with Crippen molar-refractivity contribution in [1.82, 2.24) is 0 Å². The molecule has 120 valence electrons. The van der Waals surface area contributed by atoms with Crippen molar-refractivity contribution >= 4 is 8.32 Å². The van der Waals surface area contributed by atoms with Crippen LogP contribution < -0.4 is 0 Å². The Morgan fingerprint density at radius 3 is 2.35 bits per heavy atom. The summed E-state index contributed by atoms with van der Waals surface area (Å²) in [6, 6.07) is 0. The summed E-state index contributed by atoms with van der Waals surface area (Å²) in [7, 11) is 0.191. The molecule has 1 rings (SSSR count). The second kappa shape index (κ2) is 7.39. The van der Waals surface area contributed by atoms with Gasteiger partial charge in [-0.05, 0) is 43.8 Å². The topological polar surface area (TPSA) is 27.7 Å². The van der Waals surface area contributed by atoms with Gasteiger partial charge >= 0.3 is 0 Å². The lowest BCUT2D eigenvalue weighted by molar-refractivity contribution is -0.246. The van der Waals surface area contributed by atoms with Gasteiger partial charge in [-0.2, -0.15) is 0 Å². The highest BCUT2D eigenvalue weighted by molar-refractivity contribution is 6.74. The van der Waals surface area contributed by atoms with Crippen LogP contribution in [0.4, 0.5) is 0 Å². The quantitative estimate of drug-likeness (QED) is 0.503. The molecule has 0 amide bonds. The van der Waals surface area contributed by atoms with Gasteiger partial charge in [-0.3, -0.25) is 0 Å². The Bertz CT molecular complexity index is 278. The fraction of sp³-hybridized carbons (Fsp3) is 1.00. The maximum Gasteiger partial charge on any atom is 0.191 e. The molecular formula is C16H34O3Si. The third-order valence-electron chi connectivity index (χ3n) is 4.91. The average Bonchev–Trinajstić information content (AvgIpc) is 2.38. The van der Waals surface area contributed by atoms with Gasteiger partial charge in [0.05, 0.1) is 6.61 Å². The molecule has 0 N–H and O–H groups in total. The van der Waals surface area contributed by atoms with E-state index in [1.807, 2.05) is 0 Å². The van der Waals surface area contributed by atoms with Crippen LogP contribution in [0.25, 0.3) is 0 Å². The monoisotopic (exact) mass is 302 g/mol. The van der Waals surface area contributed by atoms with Crippen molar-refractivity contribution in [3.63, 3.8) is 0 Å². The standard InChI is InChI=1S/C16H34O3Si/c1-15(2,3)20(5,6)19-14-10-8-12-16(17-4)11-7-9-13-18-16/h7-14H2,1-6H3/t16-/m1/s1. The van der Waals surface area contributed by atoms with Gasteiger partial charge in [0.25, 0.3) is 0 Å². The van der Waals surface area contributed by atoms with E-state index in [2.05, 4.69) is 33.9 Å². The summed E-state index contributed by atoms with van der Waals surface area (Å²) in [5.41, 5.74) is 0. The van der Waals surface area contributed by atoms with E-state index in [9.17, 15) is 0 Å². The summed E-state index contributed by atoms with van der Waals surface area (Å²) in [5.74, 6) is -0.310. The molecule has 1 fully saturated rings. The number of hydrogen-bond acceptors (Lipinski definition) is 3. The molecule has 0 aromatic carbocycles. The van der Waals surface area contributed by atoms with Crippen molar-refractivity contribution < 1.29 is 13.9 Å². The Hall–Kier alpha value is 0.0969. The van der Waals surface area contributed by atoms with Crippen LogP contribution in [0.5, 0.6) is 0 Å². The van der Waals surface area contributed by atoms with Crippen LogP contribution in [-0.2, 0) is 13.9 Å². The Morgan fingerprint density at radius 1 is 1.15 bits per heavy atom. The first kappa shape index (κ1) is 18.1. The molecule has 0 radical (unpaired) electrons. The Kier molecular flexibility index (Phi) is 6.70. The number of hydrogen-bond donors (Lipinski definition) is 0. The first-order valence-corrected chi connectivity index (χ1v) is 11.0. The largest absolute Gasteiger partial charge is 0.417 e. The third kappa shape index (κ3) is 5.13. The number of unbranched alkanes of at least 4 members (excludes halogenated alkanes) is 1. The van der Waals surface area contributed by atoms with E-state index in [1.54, 1.807) is 7.11 Å². The SMILES string of the molecule is CO[C@]1(CCCCO[Si](C)(C)C(C)(C)C)CCCCO1. The van der Waals surface area contributed by atoms with Crippen molar-refractivity contribution in [3.05, 3.63) is 0 Å². The maximum atomic E-state index is 6.21. The number of rotatable bonds is 7. The molecular weight excluding hydrogens is 268 g/mol. The van der Waals surface area contributed by atoms with Crippen molar-refractivity contribution in [2.75, 3.05) is 20.3 Å². The highest BCUT2D eigenvalue weighted by atomic mass is 28.4. The minimum absolute atomic E-state index is 0.299. The zero-order chi connectivity index (χ0) is 15.3. The molecule has 0 spiro atoms. The van der Waals surface area contributed by atoms with Gasteiger partial charge < -0.3 is 13.9 Å². The van der Waals surface area contributed by atoms with Crippen molar-refractivity contribution in [1.29, 1.82) is 0 Å². The van der Waals surface area contributed by atoms with E-state index in [1.165, 1.54) is 12.8 Å². The summed E-state index contributed by atoms with van der Waals surface area (Å²) in [6.07, 6.45) is 6.62. The molecule has 0 aromatic heterocycles. The summed E-state index contributed by atoms with van der Waals surface area (Å²) < 4.78 is 17.7. The van der Waals surface area contributed by atoms with E-state index in [4.69, 9.17) is 13.9 Å². The van der Waals surface area contributed by atoms with Crippen LogP contribution in [0.3, 0.4) is 0 Å². The average molecular weight is 303 g/mol. The lowest BCUT2D eigenvalue weighted by atomic mass is 9.99. The molecule has 4 heteroatoms. The number of ether oxygens (including phenoxy) is 2. The van der Waals surface area contributed by atoms with Gasteiger partial charge in [0.15, 0.2) is 14.1 Å².